The zero-order valence-electron chi connectivity index (χ0n) is 57.4. The van der Waals surface area contributed by atoms with Crippen molar-refractivity contribution in [3.05, 3.63) is 352 Å². The Balaban J connectivity index is 0.574. The molecule has 5 aromatic heterocycles. The molecule has 107 heavy (non-hydrogen) atoms. The summed E-state index contributed by atoms with van der Waals surface area (Å²) in [5.41, 5.74) is 18.4. The average molecular weight is 1400 g/mol. The lowest BCUT2D eigenvalue weighted by Crippen LogP contribution is -2.01. The Morgan fingerprint density at radius 1 is 0.196 bits per heavy atom. The molecule has 0 aliphatic carbocycles. The van der Waals surface area contributed by atoms with Crippen LogP contribution in [0.2, 0.25) is 0 Å². The van der Waals surface area contributed by atoms with Gasteiger partial charge in [0.25, 0.3) is 0 Å². The van der Waals surface area contributed by atoms with Gasteiger partial charge in [-0.1, -0.05) is 279 Å². The highest BCUT2D eigenvalue weighted by Gasteiger charge is 2.21. The third-order valence-corrected chi connectivity index (χ3v) is 23.1. The molecule has 21 rings (SSSR count). The molecule has 0 fully saturated rings. The molecule has 8 nitrogen and oxygen atoms in total. The standard InChI is InChI=1S/C97H58N8S2/c1-4-17-62(18-5-1)91-99-93(64-37-31-59(32-38-64)69-45-51-79-77-25-11-10-23-75(77)76-24-12-13-26-78(76)82(79)55-69)103-95(101-91)66-41-35-61(36-42-66)74-28-16-29-81-84-57-71(48-54-89(84)107-90(74)81)72-46-52-86-85(58-72)98-97(68-21-8-3-9-22-68)105(86)73-49-43-67(44-50-73)96-102-92(63-19-6-2-7-20-63)100-94(104-96)65-39-33-60(34-40-65)70-47-53-88-83(56-70)80-27-14-15-30-87(80)106-88/h1-58H. The van der Waals surface area contributed by atoms with E-state index in [-0.39, 0.29) is 0 Å². The average Bonchev–Trinajstić information content (AvgIpc) is 1.74. The van der Waals surface area contributed by atoms with Crippen LogP contribution in [-0.2, 0) is 0 Å². The summed E-state index contributed by atoms with van der Waals surface area (Å²) in [6, 6.07) is 125. The quantitative estimate of drug-likeness (QED) is 0.112. The van der Waals surface area contributed by atoms with Gasteiger partial charge in [0.2, 0.25) is 0 Å². The molecular weight excluding hydrogens is 1340 g/mol. The lowest BCUT2D eigenvalue weighted by atomic mass is 9.92. The summed E-state index contributed by atoms with van der Waals surface area (Å²) in [5, 5.41) is 12.6. The third-order valence-electron chi connectivity index (χ3n) is 20.8. The predicted octanol–water partition coefficient (Wildman–Crippen LogP) is 25.9. The maximum absolute atomic E-state index is 5.43. The van der Waals surface area contributed by atoms with Crippen molar-refractivity contribution in [3.63, 3.8) is 0 Å². The van der Waals surface area contributed by atoms with E-state index in [0.717, 1.165) is 94.9 Å². The zero-order valence-corrected chi connectivity index (χ0v) is 59.0. The lowest BCUT2D eigenvalue weighted by Gasteiger charge is -2.12. The molecule has 0 aliphatic heterocycles. The minimum atomic E-state index is 0.591. The highest BCUT2D eigenvalue weighted by Crippen LogP contribution is 2.45. The van der Waals surface area contributed by atoms with Gasteiger partial charge < -0.3 is 0 Å². The van der Waals surface area contributed by atoms with E-state index >= 15 is 0 Å². The van der Waals surface area contributed by atoms with Crippen LogP contribution >= 0.6 is 22.7 Å². The van der Waals surface area contributed by atoms with Crippen LogP contribution in [0.5, 0.6) is 0 Å². The molecule has 10 heteroatoms. The van der Waals surface area contributed by atoms with E-state index < -0.39 is 0 Å². The summed E-state index contributed by atoms with van der Waals surface area (Å²) < 4.78 is 7.31. The van der Waals surface area contributed by atoms with Gasteiger partial charge in [0, 0.05) is 85.0 Å². The van der Waals surface area contributed by atoms with Gasteiger partial charge in [-0.05, 0) is 150 Å². The monoisotopic (exact) mass is 1400 g/mol. The second kappa shape index (κ2) is 25.6. The van der Waals surface area contributed by atoms with Gasteiger partial charge in [-0.3, -0.25) is 4.57 Å². The molecule has 498 valence electrons. The number of benzene rings is 16. The Kier molecular flexibility index (Phi) is 14.8. The summed E-state index contributed by atoms with van der Waals surface area (Å²) in [4.78, 5) is 36.2. The second-order valence-electron chi connectivity index (χ2n) is 27.1. The Bertz CT molecular complexity index is 7040. The van der Waals surface area contributed by atoms with Crippen molar-refractivity contribution >= 4 is 106 Å². The largest absolute Gasteiger partial charge is 0.292 e. The number of fused-ring (bicyclic) bond motifs is 13. The van der Waals surface area contributed by atoms with Gasteiger partial charge in [0.15, 0.2) is 34.9 Å². The van der Waals surface area contributed by atoms with E-state index in [4.69, 9.17) is 34.9 Å². The van der Waals surface area contributed by atoms with Crippen molar-refractivity contribution in [2.24, 2.45) is 0 Å². The van der Waals surface area contributed by atoms with Gasteiger partial charge in [0.05, 0.1) is 11.0 Å². The van der Waals surface area contributed by atoms with Crippen LogP contribution in [0.15, 0.2) is 352 Å². The van der Waals surface area contributed by atoms with Gasteiger partial charge in [0.1, 0.15) is 5.82 Å². The Morgan fingerprint density at radius 3 is 1.07 bits per heavy atom. The highest BCUT2D eigenvalue weighted by molar-refractivity contribution is 7.26. The first-order valence-corrected chi connectivity index (χ1v) is 37.4. The number of hydrogen-bond donors (Lipinski definition) is 0. The topological polar surface area (TPSA) is 95.2 Å². The van der Waals surface area contributed by atoms with E-state index in [2.05, 4.69) is 302 Å². The molecule has 0 spiro atoms. The van der Waals surface area contributed by atoms with Crippen LogP contribution in [0.25, 0.3) is 214 Å². The van der Waals surface area contributed by atoms with E-state index in [0.29, 0.717) is 34.9 Å². The third kappa shape index (κ3) is 11.0. The molecule has 5 heterocycles. The maximum atomic E-state index is 5.43. The molecule has 16 aromatic carbocycles. The smallest absolute Gasteiger partial charge is 0.164 e. The Hall–Kier alpha value is -13.8. The fourth-order valence-corrected chi connectivity index (χ4v) is 17.7. The van der Waals surface area contributed by atoms with Crippen molar-refractivity contribution in [1.29, 1.82) is 0 Å². The van der Waals surface area contributed by atoms with E-state index in [9.17, 15) is 0 Å². The number of hydrogen-bond acceptors (Lipinski definition) is 9. The molecular formula is C97H58N8S2. The van der Waals surface area contributed by atoms with Crippen LogP contribution in [0, 0.1) is 0 Å². The molecule has 0 atom stereocenters. The maximum Gasteiger partial charge on any atom is 0.164 e. The SMILES string of the molecule is c1ccc(-c2nc(-c3ccc(-c4ccc5c6ccccc6c6ccccc6c5c4)cc3)nc(-c3ccc(-c4cccc5c4sc4ccc(-c6ccc7c(c6)nc(-c6ccccc6)n7-c6ccc(-c7nc(-c8ccccc8)nc(-c8ccc(-c9ccc%10sc%11ccccc%11c%10c9)cc8)n7)cc6)cc45)cc3)n2)cc1. The molecule has 0 N–H and O–H groups in total. The fourth-order valence-electron chi connectivity index (χ4n) is 15.4. The second-order valence-corrected chi connectivity index (χ2v) is 29.3. The van der Waals surface area contributed by atoms with Crippen molar-refractivity contribution in [3.8, 4) is 130 Å². The highest BCUT2D eigenvalue weighted by atomic mass is 32.1. The minimum absolute atomic E-state index is 0.591. The number of aromatic nitrogens is 8. The fraction of sp³-hybridized carbons (Fsp3) is 0. The van der Waals surface area contributed by atoms with E-state index in [1.54, 1.807) is 0 Å². The van der Waals surface area contributed by atoms with Gasteiger partial charge >= 0.3 is 0 Å². The molecule has 0 saturated carbocycles. The number of thiophene rings is 2. The molecule has 0 bridgehead atoms. The zero-order chi connectivity index (χ0) is 70.5. The Morgan fingerprint density at radius 2 is 0.542 bits per heavy atom. The molecule has 0 saturated heterocycles. The molecule has 0 unspecified atom stereocenters. The van der Waals surface area contributed by atoms with Crippen molar-refractivity contribution in [2.45, 2.75) is 0 Å². The first kappa shape index (κ1) is 61.9. The number of imidazole rings is 1. The van der Waals surface area contributed by atoms with Crippen molar-refractivity contribution in [2.75, 3.05) is 0 Å². The van der Waals surface area contributed by atoms with E-state index in [1.165, 1.54) is 83.8 Å². The molecule has 21 aromatic rings. The molecule has 0 aliphatic rings. The predicted molar refractivity (Wildman–Crippen MR) is 446 cm³/mol. The first-order chi connectivity index (χ1) is 53.0. The summed E-state index contributed by atoms with van der Waals surface area (Å²) in [7, 11) is 0. The molecule has 0 amide bonds. The van der Waals surface area contributed by atoms with Crippen LogP contribution in [0.4, 0.5) is 0 Å². The molecule has 0 radical (unpaired) electrons. The number of nitrogens with zero attached hydrogens (tertiary/aromatic N) is 8. The van der Waals surface area contributed by atoms with Gasteiger partial charge in [-0.2, -0.15) is 0 Å². The van der Waals surface area contributed by atoms with Crippen molar-refractivity contribution < 1.29 is 0 Å². The number of rotatable bonds is 12. The summed E-state index contributed by atoms with van der Waals surface area (Å²) in [5.74, 6) is 4.51. The van der Waals surface area contributed by atoms with Crippen LogP contribution in [-0.4, -0.2) is 39.5 Å². The summed E-state index contributed by atoms with van der Waals surface area (Å²) >= 11 is 3.66. The van der Waals surface area contributed by atoms with Crippen molar-refractivity contribution in [1.82, 2.24) is 39.5 Å². The normalized spacial score (nSPS) is 11.7. The lowest BCUT2D eigenvalue weighted by molar-refractivity contribution is 1.07. The van der Waals surface area contributed by atoms with Gasteiger partial charge in [-0.15, -0.1) is 22.7 Å². The van der Waals surface area contributed by atoms with E-state index in [1.807, 2.05) is 77.3 Å². The van der Waals surface area contributed by atoms with Gasteiger partial charge in [-0.25, -0.2) is 34.9 Å². The van der Waals surface area contributed by atoms with Crippen LogP contribution < -0.4 is 0 Å². The summed E-state index contributed by atoms with van der Waals surface area (Å²) in [6.07, 6.45) is 0. The Labute approximate surface area is 623 Å². The van der Waals surface area contributed by atoms with Crippen LogP contribution in [0.3, 0.4) is 0 Å². The first-order valence-electron chi connectivity index (χ1n) is 35.8. The van der Waals surface area contributed by atoms with Crippen LogP contribution in [0.1, 0.15) is 0 Å². The minimum Gasteiger partial charge on any atom is -0.292 e. The summed E-state index contributed by atoms with van der Waals surface area (Å²) in [6.45, 7) is 0.